The first-order valence-corrected chi connectivity index (χ1v) is 4.03. The van der Waals surface area contributed by atoms with Gasteiger partial charge in [0.25, 0.3) is 0 Å². The Hall–Kier alpha value is -0.300. The molecule has 0 fully saturated rings. The third-order valence-corrected chi connectivity index (χ3v) is 2.56. The molecule has 1 N–H and O–H groups in total. The minimum absolute atomic E-state index is 0.323. The first-order valence-electron chi connectivity index (χ1n) is 4.03. The largest absolute Gasteiger partial charge is 0.396 e. The lowest BCUT2D eigenvalue weighted by atomic mass is 9.81. The summed E-state index contributed by atoms with van der Waals surface area (Å²) in [6, 6.07) is 0. The summed E-state index contributed by atoms with van der Waals surface area (Å²) in [5.41, 5.74) is 1.38. The number of rotatable bonds is 1. The van der Waals surface area contributed by atoms with Crippen LogP contribution < -0.4 is 0 Å². The molecule has 1 aliphatic carbocycles. The van der Waals surface area contributed by atoms with E-state index in [9.17, 15) is 0 Å². The minimum Gasteiger partial charge on any atom is -0.396 e. The van der Waals surface area contributed by atoms with Crippen LogP contribution in [0.3, 0.4) is 0 Å². The van der Waals surface area contributed by atoms with Crippen molar-refractivity contribution in [2.24, 2.45) is 11.8 Å². The summed E-state index contributed by atoms with van der Waals surface area (Å²) in [5.74, 6) is 1.11. The van der Waals surface area contributed by atoms with Crippen LogP contribution in [-0.4, -0.2) is 11.7 Å². The van der Waals surface area contributed by atoms with Crippen LogP contribution in [0.5, 0.6) is 0 Å². The summed E-state index contributed by atoms with van der Waals surface area (Å²) in [6.45, 7) is 4.66. The standard InChI is InChI=1S/C9H16O/c1-7-4-3-5-8(2)9(7)6-10/h4,8-10H,3,5-6H2,1-2H3. The van der Waals surface area contributed by atoms with Gasteiger partial charge in [0.15, 0.2) is 0 Å². The quantitative estimate of drug-likeness (QED) is 0.552. The van der Waals surface area contributed by atoms with Crippen LogP contribution in [0.1, 0.15) is 26.7 Å². The number of allylic oxidation sites excluding steroid dienone is 1. The Morgan fingerprint density at radius 1 is 1.70 bits per heavy atom. The molecule has 0 heterocycles. The van der Waals surface area contributed by atoms with E-state index >= 15 is 0 Å². The van der Waals surface area contributed by atoms with Gasteiger partial charge in [0.2, 0.25) is 0 Å². The van der Waals surface area contributed by atoms with Gasteiger partial charge in [0.05, 0.1) is 0 Å². The molecule has 0 amide bonds. The molecule has 0 aromatic heterocycles. The van der Waals surface area contributed by atoms with Crippen LogP contribution in [0, 0.1) is 11.8 Å². The van der Waals surface area contributed by atoms with Crippen molar-refractivity contribution in [2.45, 2.75) is 26.7 Å². The van der Waals surface area contributed by atoms with Gasteiger partial charge in [-0.25, -0.2) is 0 Å². The molecule has 0 saturated carbocycles. The molecule has 0 aromatic rings. The van der Waals surface area contributed by atoms with Crippen molar-refractivity contribution >= 4 is 0 Å². The first-order chi connectivity index (χ1) is 4.75. The van der Waals surface area contributed by atoms with Crippen LogP contribution >= 0.6 is 0 Å². The van der Waals surface area contributed by atoms with Crippen molar-refractivity contribution in [1.82, 2.24) is 0 Å². The molecule has 0 bridgehead atoms. The van der Waals surface area contributed by atoms with E-state index in [1.165, 1.54) is 18.4 Å². The highest BCUT2D eigenvalue weighted by Gasteiger charge is 2.20. The second kappa shape index (κ2) is 3.20. The zero-order valence-electron chi connectivity index (χ0n) is 6.80. The predicted molar refractivity (Wildman–Crippen MR) is 42.7 cm³/mol. The summed E-state index contributed by atoms with van der Waals surface area (Å²) >= 11 is 0. The number of aliphatic hydroxyl groups excluding tert-OH is 1. The van der Waals surface area contributed by atoms with Crippen molar-refractivity contribution in [2.75, 3.05) is 6.61 Å². The zero-order valence-corrected chi connectivity index (χ0v) is 6.80. The minimum atomic E-state index is 0.323. The maximum atomic E-state index is 8.99. The molecule has 1 aliphatic rings. The van der Waals surface area contributed by atoms with Crippen molar-refractivity contribution in [3.63, 3.8) is 0 Å². The van der Waals surface area contributed by atoms with Crippen LogP contribution in [0.25, 0.3) is 0 Å². The van der Waals surface area contributed by atoms with E-state index in [1.54, 1.807) is 0 Å². The number of aliphatic hydroxyl groups is 1. The lowest BCUT2D eigenvalue weighted by Crippen LogP contribution is -2.20. The summed E-state index contributed by atoms with van der Waals surface area (Å²) in [7, 11) is 0. The van der Waals surface area contributed by atoms with Gasteiger partial charge in [-0.3, -0.25) is 0 Å². The highest BCUT2D eigenvalue weighted by Crippen LogP contribution is 2.29. The lowest BCUT2D eigenvalue weighted by Gasteiger charge is -2.26. The average molecular weight is 140 g/mol. The third kappa shape index (κ3) is 1.40. The van der Waals surface area contributed by atoms with Crippen LogP contribution in [0.2, 0.25) is 0 Å². The molecular formula is C9H16O. The predicted octanol–water partition coefficient (Wildman–Crippen LogP) is 1.97. The lowest BCUT2D eigenvalue weighted by molar-refractivity contribution is 0.196. The monoisotopic (exact) mass is 140 g/mol. The molecule has 0 aliphatic heterocycles. The van der Waals surface area contributed by atoms with Gasteiger partial charge in [0.1, 0.15) is 0 Å². The van der Waals surface area contributed by atoms with Crippen molar-refractivity contribution < 1.29 is 5.11 Å². The summed E-state index contributed by atoms with van der Waals surface area (Å²) in [4.78, 5) is 0. The van der Waals surface area contributed by atoms with Crippen LogP contribution in [-0.2, 0) is 0 Å². The highest BCUT2D eigenvalue weighted by atomic mass is 16.3. The van der Waals surface area contributed by atoms with Gasteiger partial charge in [-0.1, -0.05) is 18.6 Å². The normalized spacial score (nSPS) is 33.7. The van der Waals surface area contributed by atoms with Crippen molar-refractivity contribution in [3.05, 3.63) is 11.6 Å². The van der Waals surface area contributed by atoms with E-state index in [0.29, 0.717) is 18.4 Å². The van der Waals surface area contributed by atoms with Gasteiger partial charge in [0, 0.05) is 12.5 Å². The average Bonchev–Trinajstić information content (AvgIpc) is 1.88. The summed E-state index contributed by atoms with van der Waals surface area (Å²) in [6.07, 6.45) is 4.69. The molecule has 1 heteroatoms. The molecule has 10 heavy (non-hydrogen) atoms. The maximum absolute atomic E-state index is 8.99. The first kappa shape index (κ1) is 7.80. The molecule has 0 aromatic carbocycles. The maximum Gasteiger partial charge on any atom is 0.0498 e. The Morgan fingerprint density at radius 2 is 2.40 bits per heavy atom. The Morgan fingerprint density at radius 3 is 2.80 bits per heavy atom. The van der Waals surface area contributed by atoms with Gasteiger partial charge >= 0.3 is 0 Å². The molecular weight excluding hydrogens is 124 g/mol. The fraction of sp³-hybridized carbons (Fsp3) is 0.778. The zero-order chi connectivity index (χ0) is 7.56. The topological polar surface area (TPSA) is 20.2 Å². The smallest absolute Gasteiger partial charge is 0.0498 e. The van der Waals surface area contributed by atoms with Crippen molar-refractivity contribution in [1.29, 1.82) is 0 Å². The van der Waals surface area contributed by atoms with E-state index in [2.05, 4.69) is 19.9 Å². The molecule has 1 nitrogen and oxygen atoms in total. The van der Waals surface area contributed by atoms with Gasteiger partial charge in [-0.05, 0) is 25.7 Å². The second-order valence-electron chi connectivity index (χ2n) is 3.29. The fourth-order valence-electron chi connectivity index (χ4n) is 1.70. The summed E-state index contributed by atoms with van der Waals surface area (Å²) < 4.78 is 0. The molecule has 2 atom stereocenters. The third-order valence-electron chi connectivity index (χ3n) is 2.56. The van der Waals surface area contributed by atoms with E-state index in [0.717, 1.165) is 0 Å². The number of hydrogen-bond donors (Lipinski definition) is 1. The van der Waals surface area contributed by atoms with E-state index < -0.39 is 0 Å². The number of hydrogen-bond acceptors (Lipinski definition) is 1. The molecule has 1 rings (SSSR count). The van der Waals surface area contributed by atoms with E-state index in [1.807, 2.05) is 0 Å². The molecule has 58 valence electrons. The Bertz CT molecular complexity index is 138. The Kier molecular flexibility index (Phi) is 2.50. The molecule has 0 radical (unpaired) electrons. The van der Waals surface area contributed by atoms with E-state index in [-0.39, 0.29) is 0 Å². The van der Waals surface area contributed by atoms with Gasteiger partial charge in [-0.15, -0.1) is 0 Å². The van der Waals surface area contributed by atoms with E-state index in [4.69, 9.17) is 5.11 Å². The summed E-state index contributed by atoms with van der Waals surface area (Å²) in [5, 5.41) is 8.99. The second-order valence-corrected chi connectivity index (χ2v) is 3.29. The Labute approximate surface area is 62.8 Å². The molecule has 0 spiro atoms. The fourth-order valence-corrected chi connectivity index (χ4v) is 1.70. The Balaban J connectivity index is 2.63. The van der Waals surface area contributed by atoms with Gasteiger partial charge in [-0.2, -0.15) is 0 Å². The molecule has 2 unspecified atom stereocenters. The van der Waals surface area contributed by atoms with Crippen LogP contribution in [0.15, 0.2) is 11.6 Å². The van der Waals surface area contributed by atoms with Crippen LogP contribution in [0.4, 0.5) is 0 Å². The van der Waals surface area contributed by atoms with Crippen molar-refractivity contribution in [3.8, 4) is 0 Å². The SMILES string of the molecule is CC1=CCCC(C)C1CO. The highest BCUT2D eigenvalue weighted by molar-refractivity contribution is 5.08. The van der Waals surface area contributed by atoms with Gasteiger partial charge < -0.3 is 5.11 Å². The molecule has 0 saturated heterocycles.